The van der Waals surface area contributed by atoms with Gasteiger partial charge in [0.15, 0.2) is 0 Å². The van der Waals surface area contributed by atoms with E-state index < -0.39 is 35.6 Å². The average molecular weight is 421 g/mol. The van der Waals surface area contributed by atoms with E-state index in [0.29, 0.717) is 11.1 Å². The fraction of sp³-hybridized carbons (Fsp3) is 0.429. The Balaban J connectivity index is 3.15. The van der Waals surface area contributed by atoms with Crippen LogP contribution in [0.2, 0.25) is 0 Å². The average Bonchev–Trinajstić information content (AvgIpc) is 2.64. The Bertz CT molecular complexity index is 823. The number of carbonyl (C=O) groups excluding carboxylic acids is 4. The van der Waals surface area contributed by atoms with Crippen molar-refractivity contribution in [2.45, 2.75) is 45.8 Å². The second-order valence-electron chi connectivity index (χ2n) is 7.25. The molecule has 9 heteroatoms. The van der Waals surface area contributed by atoms with Crippen molar-refractivity contribution >= 4 is 30.1 Å². The number of alkyl carbamates (subject to hydrolysis) is 1. The number of hydrogen-bond donors (Lipinski definition) is 1. The molecular formula is C21H27NO8. The van der Waals surface area contributed by atoms with E-state index in [-0.39, 0.29) is 12.2 Å². The Kier molecular flexibility index (Phi) is 9.04. The van der Waals surface area contributed by atoms with Crippen molar-refractivity contribution in [3.05, 3.63) is 35.4 Å². The molecule has 1 aromatic carbocycles. The van der Waals surface area contributed by atoms with Crippen molar-refractivity contribution in [3.63, 3.8) is 0 Å². The number of amides is 1. The SMILES string of the molecule is COC(=O)C=Cc1cc(CC(NC(=O)OC(C)(C)C)C(=O)OC)ccc1OC(C)=O. The fourth-order valence-corrected chi connectivity index (χ4v) is 2.35. The monoisotopic (exact) mass is 421 g/mol. The zero-order chi connectivity index (χ0) is 22.9. The van der Waals surface area contributed by atoms with Gasteiger partial charge in [0.25, 0.3) is 0 Å². The van der Waals surface area contributed by atoms with Gasteiger partial charge in [-0.25, -0.2) is 14.4 Å². The summed E-state index contributed by atoms with van der Waals surface area (Å²) in [6, 6.07) is 3.75. The van der Waals surface area contributed by atoms with Gasteiger partial charge >= 0.3 is 24.0 Å². The predicted octanol–water partition coefficient (Wildman–Crippen LogP) is 2.41. The fourth-order valence-electron chi connectivity index (χ4n) is 2.35. The van der Waals surface area contributed by atoms with Crippen molar-refractivity contribution in [1.29, 1.82) is 0 Å². The van der Waals surface area contributed by atoms with E-state index in [1.807, 2.05) is 0 Å². The molecule has 1 aromatic rings. The largest absolute Gasteiger partial charge is 0.467 e. The standard InChI is InChI=1S/C21H27NO8/c1-13(23)29-17-9-7-14(11-15(17)8-10-18(24)27-5)12-16(19(25)28-6)22-20(26)30-21(2,3)4/h7-11,16H,12H2,1-6H3,(H,22,26). The first-order valence-electron chi connectivity index (χ1n) is 9.10. The molecule has 0 heterocycles. The van der Waals surface area contributed by atoms with Crippen LogP contribution in [0.25, 0.3) is 6.08 Å². The number of methoxy groups -OCH3 is 2. The third-order valence-corrected chi connectivity index (χ3v) is 3.54. The van der Waals surface area contributed by atoms with Crippen LogP contribution in [0, 0.1) is 0 Å². The molecular weight excluding hydrogens is 394 g/mol. The van der Waals surface area contributed by atoms with Crippen molar-refractivity contribution in [3.8, 4) is 5.75 Å². The van der Waals surface area contributed by atoms with Crippen LogP contribution in [0.3, 0.4) is 0 Å². The van der Waals surface area contributed by atoms with Crippen LogP contribution in [-0.2, 0) is 35.0 Å². The maximum absolute atomic E-state index is 12.1. The molecule has 0 aliphatic carbocycles. The Hall–Kier alpha value is -3.36. The van der Waals surface area contributed by atoms with Crippen LogP contribution in [0.15, 0.2) is 24.3 Å². The summed E-state index contributed by atoms with van der Waals surface area (Å²) in [4.78, 5) is 46.9. The predicted molar refractivity (Wildman–Crippen MR) is 108 cm³/mol. The first-order chi connectivity index (χ1) is 13.9. The van der Waals surface area contributed by atoms with Gasteiger partial charge in [0.05, 0.1) is 14.2 Å². The molecule has 1 atom stereocenters. The van der Waals surface area contributed by atoms with Crippen molar-refractivity contribution in [2.75, 3.05) is 14.2 Å². The zero-order valence-electron chi connectivity index (χ0n) is 17.9. The lowest BCUT2D eigenvalue weighted by Gasteiger charge is -2.22. The third kappa shape index (κ3) is 8.76. The first-order valence-corrected chi connectivity index (χ1v) is 9.10. The highest BCUT2D eigenvalue weighted by Gasteiger charge is 2.25. The molecule has 9 nitrogen and oxygen atoms in total. The highest BCUT2D eigenvalue weighted by Crippen LogP contribution is 2.23. The highest BCUT2D eigenvalue weighted by molar-refractivity contribution is 5.88. The normalized spacial score (nSPS) is 12.1. The maximum Gasteiger partial charge on any atom is 0.408 e. The summed E-state index contributed by atoms with van der Waals surface area (Å²) in [6.45, 7) is 6.36. The molecule has 0 fully saturated rings. The summed E-state index contributed by atoms with van der Waals surface area (Å²) in [6.07, 6.45) is 1.90. The summed E-state index contributed by atoms with van der Waals surface area (Å²) in [5.74, 6) is -1.56. The Morgan fingerprint density at radius 2 is 1.77 bits per heavy atom. The Labute approximate surface area is 175 Å². The van der Waals surface area contributed by atoms with Gasteiger partial charge in [0.1, 0.15) is 17.4 Å². The smallest absolute Gasteiger partial charge is 0.408 e. The van der Waals surface area contributed by atoms with E-state index in [9.17, 15) is 19.2 Å². The Morgan fingerprint density at radius 1 is 1.10 bits per heavy atom. The molecule has 1 unspecified atom stereocenters. The lowest BCUT2D eigenvalue weighted by atomic mass is 10.0. The quantitative estimate of drug-likeness (QED) is 0.309. The zero-order valence-corrected chi connectivity index (χ0v) is 17.9. The molecule has 1 amide bonds. The van der Waals surface area contributed by atoms with Crippen molar-refractivity contribution < 1.29 is 38.1 Å². The molecule has 1 rings (SSSR count). The van der Waals surface area contributed by atoms with Gasteiger partial charge in [0.2, 0.25) is 0 Å². The minimum Gasteiger partial charge on any atom is -0.467 e. The number of hydrogen-bond acceptors (Lipinski definition) is 8. The molecule has 164 valence electrons. The maximum atomic E-state index is 12.1. The second kappa shape index (κ2) is 11.0. The minimum atomic E-state index is -1.01. The van der Waals surface area contributed by atoms with E-state index in [4.69, 9.17) is 14.2 Å². The number of ether oxygens (including phenoxy) is 4. The van der Waals surface area contributed by atoms with Crippen LogP contribution in [0.1, 0.15) is 38.8 Å². The molecule has 0 aliphatic rings. The number of benzene rings is 1. The Morgan fingerprint density at radius 3 is 2.30 bits per heavy atom. The van der Waals surface area contributed by atoms with E-state index in [2.05, 4.69) is 10.1 Å². The first kappa shape index (κ1) is 24.7. The molecule has 0 spiro atoms. The summed E-state index contributed by atoms with van der Waals surface area (Å²) < 4.78 is 19.6. The highest BCUT2D eigenvalue weighted by atomic mass is 16.6. The van der Waals surface area contributed by atoms with Crippen LogP contribution in [-0.4, -0.2) is 49.9 Å². The van der Waals surface area contributed by atoms with Gasteiger partial charge in [-0.15, -0.1) is 0 Å². The lowest BCUT2D eigenvalue weighted by Crippen LogP contribution is -2.45. The third-order valence-electron chi connectivity index (χ3n) is 3.54. The molecule has 0 radical (unpaired) electrons. The topological polar surface area (TPSA) is 117 Å². The van der Waals surface area contributed by atoms with Crippen molar-refractivity contribution in [2.24, 2.45) is 0 Å². The van der Waals surface area contributed by atoms with E-state index in [0.717, 1.165) is 0 Å². The van der Waals surface area contributed by atoms with E-state index in [1.54, 1.807) is 32.9 Å². The molecule has 0 saturated heterocycles. The molecule has 0 aromatic heterocycles. The summed E-state index contributed by atoms with van der Waals surface area (Å²) in [5, 5.41) is 2.49. The van der Waals surface area contributed by atoms with Crippen LogP contribution < -0.4 is 10.1 Å². The van der Waals surface area contributed by atoms with Gasteiger partial charge in [0, 0.05) is 25.0 Å². The lowest BCUT2D eigenvalue weighted by molar-refractivity contribution is -0.143. The molecule has 0 bridgehead atoms. The molecule has 30 heavy (non-hydrogen) atoms. The second-order valence-corrected chi connectivity index (χ2v) is 7.25. The number of rotatable bonds is 7. The summed E-state index contributed by atoms with van der Waals surface area (Å²) in [7, 11) is 2.44. The number of esters is 3. The number of nitrogens with one attached hydrogen (secondary N) is 1. The van der Waals surface area contributed by atoms with Crippen LogP contribution >= 0.6 is 0 Å². The minimum absolute atomic E-state index is 0.0747. The van der Waals surface area contributed by atoms with Gasteiger partial charge in [-0.1, -0.05) is 6.07 Å². The van der Waals surface area contributed by atoms with Gasteiger partial charge in [-0.2, -0.15) is 0 Å². The van der Waals surface area contributed by atoms with E-state index in [1.165, 1.54) is 39.4 Å². The van der Waals surface area contributed by atoms with Crippen LogP contribution in [0.5, 0.6) is 5.75 Å². The van der Waals surface area contributed by atoms with E-state index >= 15 is 0 Å². The van der Waals surface area contributed by atoms with Gasteiger partial charge in [-0.3, -0.25) is 4.79 Å². The summed E-state index contributed by atoms with van der Waals surface area (Å²) in [5.41, 5.74) is 0.290. The summed E-state index contributed by atoms with van der Waals surface area (Å²) >= 11 is 0. The number of carbonyl (C=O) groups is 4. The van der Waals surface area contributed by atoms with Crippen LogP contribution in [0.4, 0.5) is 4.79 Å². The van der Waals surface area contributed by atoms with Crippen molar-refractivity contribution in [1.82, 2.24) is 5.32 Å². The molecule has 0 saturated carbocycles. The molecule has 1 N–H and O–H groups in total. The molecule has 0 aliphatic heterocycles. The van der Waals surface area contributed by atoms with Gasteiger partial charge in [-0.05, 0) is 44.5 Å². The van der Waals surface area contributed by atoms with Gasteiger partial charge < -0.3 is 24.3 Å².